The van der Waals surface area contributed by atoms with Crippen molar-refractivity contribution in [1.82, 2.24) is 5.32 Å². The van der Waals surface area contributed by atoms with Gasteiger partial charge in [-0.1, -0.05) is 46.5 Å². The third-order valence-corrected chi connectivity index (χ3v) is 3.23. The van der Waals surface area contributed by atoms with E-state index in [0.29, 0.717) is 24.6 Å². The van der Waals surface area contributed by atoms with Gasteiger partial charge in [0.1, 0.15) is 0 Å². The number of aliphatic hydroxyl groups is 1. The van der Waals surface area contributed by atoms with Crippen LogP contribution in [0.4, 0.5) is 0 Å². The average Bonchev–Trinajstić information content (AvgIpc) is 2.23. The van der Waals surface area contributed by atoms with E-state index in [1.54, 1.807) is 0 Å². The molecule has 0 aliphatic carbocycles. The molecule has 2 unspecified atom stereocenters. The normalized spacial score (nSPS) is 15.4. The van der Waals surface area contributed by atoms with Crippen molar-refractivity contribution in [3.8, 4) is 0 Å². The van der Waals surface area contributed by atoms with E-state index in [1.807, 2.05) is 0 Å². The molecule has 0 aromatic heterocycles. The number of nitrogens with one attached hydrogen (secondary N) is 1. The molecule has 98 valence electrons. The highest BCUT2D eigenvalue weighted by molar-refractivity contribution is 4.74. The first-order chi connectivity index (χ1) is 7.61. The van der Waals surface area contributed by atoms with Gasteiger partial charge in [-0.25, -0.2) is 0 Å². The van der Waals surface area contributed by atoms with Crippen molar-refractivity contribution in [2.45, 2.75) is 78.3 Å². The van der Waals surface area contributed by atoms with Crippen LogP contribution >= 0.6 is 0 Å². The molecule has 0 amide bonds. The average molecular weight is 229 g/mol. The van der Waals surface area contributed by atoms with Crippen LogP contribution in [0.3, 0.4) is 0 Å². The zero-order chi connectivity index (χ0) is 12.4. The molecule has 0 aliphatic heterocycles. The second-order valence-electron chi connectivity index (χ2n) is 5.28. The van der Waals surface area contributed by atoms with Gasteiger partial charge in [0.25, 0.3) is 0 Å². The van der Waals surface area contributed by atoms with Crippen molar-refractivity contribution in [3.63, 3.8) is 0 Å². The second kappa shape index (κ2) is 10.1. The zero-order valence-corrected chi connectivity index (χ0v) is 11.6. The fourth-order valence-corrected chi connectivity index (χ4v) is 2.07. The molecule has 0 spiro atoms. The molecule has 0 radical (unpaired) electrons. The molecule has 0 aromatic carbocycles. The van der Waals surface area contributed by atoms with Gasteiger partial charge in [0, 0.05) is 18.7 Å². The highest BCUT2D eigenvalue weighted by Crippen LogP contribution is 2.10. The zero-order valence-electron chi connectivity index (χ0n) is 11.6. The molecular formula is C14H31NO. The van der Waals surface area contributed by atoms with Crippen LogP contribution < -0.4 is 5.32 Å². The quantitative estimate of drug-likeness (QED) is 0.563. The Bertz CT molecular complexity index is 148. The fourth-order valence-electron chi connectivity index (χ4n) is 2.07. The van der Waals surface area contributed by atoms with Gasteiger partial charge in [0.05, 0.1) is 0 Å². The minimum absolute atomic E-state index is 0.290. The Morgan fingerprint density at radius 3 is 2.19 bits per heavy atom. The van der Waals surface area contributed by atoms with E-state index in [0.717, 1.165) is 6.42 Å². The van der Waals surface area contributed by atoms with Crippen molar-refractivity contribution in [1.29, 1.82) is 0 Å². The van der Waals surface area contributed by atoms with Crippen molar-refractivity contribution in [2.75, 3.05) is 6.61 Å². The predicted molar refractivity (Wildman–Crippen MR) is 71.7 cm³/mol. The van der Waals surface area contributed by atoms with Gasteiger partial charge >= 0.3 is 0 Å². The summed E-state index contributed by atoms with van der Waals surface area (Å²) < 4.78 is 0. The molecule has 2 atom stereocenters. The Kier molecular flexibility index (Phi) is 10.0. The van der Waals surface area contributed by atoms with E-state index >= 15 is 0 Å². The standard InChI is InChI=1S/C14H31NO/c1-5-6-7-8-9-13(4)15-14(10-11-16)12(2)3/h12-16H,5-11H2,1-4H3. The summed E-state index contributed by atoms with van der Waals surface area (Å²) in [5.41, 5.74) is 0. The van der Waals surface area contributed by atoms with Crippen LogP contribution in [-0.4, -0.2) is 23.8 Å². The van der Waals surface area contributed by atoms with Gasteiger partial charge in [-0.05, 0) is 25.7 Å². The van der Waals surface area contributed by atoms with E-state index in [2.05, 4.69) is 33.0 Å². The Labute approximate surface area is 102 Å². The van der Waals surface area contributed by atoms with Crippen molar-refractivity contribution in [2.24, 2.45) is 5.92 Å². The van der Waals surface area contributed by atoms with Crippen LogP contribution in [-0.2, 0) is 0 Å². The van der Waals surface area contributed by atoms with Gasteiger partial charge in [0.15, 0.2) is 0 Å². The minimum atomic E-state index is 0.290. The van der Waals surface area contributed by atoms with E-state index in [4.69, 9.17) is 5.11 Å². The highest BCUT2D eigenvalue weighted by Gasteiger charge is 2.14. The lowest BCUT2D eigenvalue weighted by Crippen LogP contribution is -2.40. The molecular weight excluding hydrogens is 198 g/mol. The maximum Gasteiger partial charge on any atom is 0.0445 e. The van der Waals surface area contributed by atoms with Crippen molar-refractivity contribution in [3.05, 3.63) is 0 Å². The summed E-state index contributed by atoms with van der Waals surface area (Å²) in [6.45, 7) is 9.24. The summed E-state index contributed by atoms with van der Waals surface area (Å²) in [6.07, 6.45) is 7.48. The predicted octanol–water partition coefficient (Wildman–Crippen LogP) is 3.34. The minimum Gasteiger partial charge on any atom is -0.396 e. The number of unbranched alkanes of at least 4 members (excludes halogenated alkanes) is 3. The lowest BCUT2D eigenvalue weighted by atomic mass is 9.99. The molecule has 0 heterocycles. The molecule has 0 rings (SSSR count). The first kappa shape index (κ1) is 15.9. The Morgan fingerprint density at radius 2 is 1.69 bits per heavy atom. The molecule has 2 nitrogen and oxygen atoms in total. The maximum atomic E-state index is 9.00. The van der Waals surface area contributed by atoms with Gasteiger partial charge < -0.3 is 10.4 Å². The van der Waals surface area contributed by atoms with Crippen LogP contribution in [0.15, 0.2) is 0 Å². The third kappa shape index (κ3) is 8.12. The number of hydrogen-bond acceptors (Lipinski definition) is 2. The van der Waals surface area contributed by atoms with E-state index in [9.17, 15) is 0 Å². The van der Waals surface area contributed by atoms with Crippen molar-refractivity contribution < 1.29 is 5.11 Å². The van der Waals surface area contributed by atoms with Crippen molar-refractivity contribution >= 4 is 0 Å². The van der Waals surface area contributed by atoms with Crippen LogP contribution in [0.25, 0.3) is 0 Å². The lowest BCUT2D eigenvalue weighted by Gasteiger charge is -2.26. The topological polar surface area (TPSA) is 32.3 Å². The summed E-state index contributed by atoms with van der Waals surface area (Å²) >= 11 is 0. The van der Waals surface area contributed by atoms with Crippen LogP contribution in [0.2, 0.25) is 0 Å². The Morgan fingerprint density at radius 1 is 1.00 bits per heavy atom. The summed E-state index contributed by atoms with van der Waals surface area (Å²) in [7, 11) is 0. The van der Waals surface area contributed by atoms with Crippen LogP contribution in [0.1, 0.15) is 66.2 Å². The van der Waals surface area contributed by atoms with Crippen LogP contribution in [0.5, 0.6) is 0 Å². The maximum absolute atomic E-state index is 9.00. The van der Waals surface area contributed by atoms with Gasteiger partial charge in [-0.3, -0.25) is 0 Å². The number of rotatable bonds is 10. The summed E-state index contributed by atoms with van der Waals surface area (Å²) in [6, 6.07) is 1.04. The molecule has 2 heteroatoms. The molecule has 0 bridgehead atoms. The summed E-state index contributed by atoms with van der Waals surface area (Å²) in [5.74, 6) is 0.602. The molecule has 0 saturated carbocycles. The van der Waals surface area contributed by atoms with E-state index in [-0.39, 0.29) is 0 Å². The van der Waals surface area contributed by atoms with Crippen LogP contribution in [0, 0.1) is 5.92 Å². The first-order valence-corrected chi connectivity index (χ1v) is 6.98. The number of hydrogen-bond donors (Lipinski definition) is 2. The molecule has 0 aliphatic rings. The summed E-state index contributed by atoms with van der Waals surface area (Å²) in [5, 5.41) is 12.6. The Balaban J connectivity index is 3.68. The fraction of sp³-hybridized carbons (Fsp3) is 1.00. The van der Waals surface area contributed by atoms with Gasteiger partial charge in [-0.15, -0.1) is 0 Å². The summed E-state index contributed by atoms with van der Waals surface area (Å²) in [4.78, 5) is 0. The molecule has 0 fully saturated rings. The molecule has 0 aromatic rings. The largest absolute Gasteiger partial charge is 0.396 e. The number of aliphatic hydroxyl groups excluding tert-OH is 1. The SMILES string of the molecule is CCCCCCC(C)NC(CCO)C(C)C. The first-order valence-electron chi connectivity index (χ1n) is 6.98. The molecule has 0 saturated heterocycles. The Hall–Kier alpha value is -0.0800. The van der Waals surface area contributed by atoms with Gasteiger partial charge in [-0.2, -0.15) is 0 Å². The highest BCUT2D eigenvalue weighted by atomic mass is 16.3. The third-order valence-electron chi connectivity index (χ3n) is 3.23. The van der Waals surface area contributed by atoms with E-state index in [1.165, 1.54) is 32.1 Å². The molecule has 16 heavy (non-hydrogen) atoms. The lowest BCUT2D eigenvalue weighted by molar-refractivity contribution is 0.234. The monoisotopic (exact) mass is 229 g/mol. The smallest absolute Gasteiger partial charge is 0.0445 e. The van der Waals surface area contributed by atoms with E-state index < -0.39 is 0 Å². The van der Waals surface area contributed by atoms with Gasteiger partial charge in [0.2, 0.25) is 0 Å². The molecule has 2 N–H and O–H groups in total. The second-order valence-corrected chi connectivity index (χ2v) is 5.28.